The smallest absolute Gasteiger partial charge is 0.310 e. The van der Waals surface area contributed by atoms with Crippen LogP contribution >= 0.6 is 0 Å². The molecule has 1 unspecified atom stereocenters. The van der Waals surface area contributed by atoms with Gasteiger partial charge in [0.15, 0.2) is 23.1 Å². The zero-order valence-corrected chi connectivity index (χ0v) is 9.32. The van der Waals surface area contributed by atoms with Crippen molar-refractivity contribution in [3.8, 4) is 17.2 Å². The number of aliphatic carboxylic acids is 1. The molecule has 1 aromatic carbocycles. The van der Waals surface area contributed by atoms with Gasteiger partial charge in [-0.3, -0.25) is 4.79 Å². The molecule has 1 atom stereocenters. The lowest BCUT2D eigenvalue weighted by Gasteiger charge is -2.13. The summed E-state index contributed by atoms with van der Waals surface area (Å²) in [6.45, 7) is 1.32. The number of halogens is 1. The minimum Gasteiger partial charge on any atom is -0.494 e. The van der Waals surface area contributed by atoms with Crippen molar-refractivity contribution in [2.45, 2.75) is 12.8 Å². The van der Waals surface area contributed by atoms with E-state index in [1.165, 1.54) is 20.1 Å². The van der Waals surface area contributed by atoms with Crippen molar-refractivity contribution in [2.75, 3.05) is 13.9 Å². The van der Waals surface area contributed by atoms with Crippen molar-refractivity contribution in [1.29, 1.82) is 0 Å². The summed E-state index contributed by atoms with van der Waals surface area (Å²) in [4.78, 5) is 10.9. The molecule has 0 bridgehead atoms. The SMILES string of the molecule is COc1cc2c(c(C(C)C(=O)O)c1F)OCO2. The summed E-state index contributed by atoms with van der Waals surface area (Å²) in [5.41, 5.74) is -0.0515. The molecule has 0 fully saturated rings. The van der Waals surface area contributed by atoms with Crippen LogP contribution in [0.4, 0.5) is 4.39 Å². The van der Waals surface area contributed by atoms with E-state index in [0.717, 1.165) is 0 Å². The number of rotatable bonds is 3. The van der Waals surface area contributed by atoms with Crippen molar-refractivity contribution in [3.05, 3.63) is 17.4 Å². The van der Waals surface area contributed by atoms with Gasteiger partial charge in [0.2, 0.25) is 6.79 Å². The Balaban J connectivity index is 2.63. The van der Waals surface area contributed by atoms with Crippen molar-refractivity contribution in [2.24, 2.45) is 0 Å². The van der Waals surface area contributed by atoms with Crippen LogP contribution in [0.25, 0.3) is 0 Å². The van der Waals surface area contributed by atoms with E-state index in [2.05, 4.69) is 0 Å². The largest absolute Gasteiger partial charge is 0.494 e. The second-order valence-corrected chi connectivity index (χ2v) is 3.60. The molecule has 0 aromatic heterocycles. The molecule has 17 heavy (non-hydrogen) atoms. The molecule has 0 aliphatic carbocycles. The van der Waals surface area contributed by atoms with Crippen LogP contribution in [0.2, 0.25) is 0 Å². The summed E-state index contributed by atoms with van der Waals surface area (Å²) in [7, 11) is 1.30. The van der Waals surface area contributed by atoms with E-state index in [9.17, 15) is 9.18 Å². The number of carboxylic acid groups (broad SMARTS) is 1. The van der Waals surface area contributed by atoms with Crippen LogP contribution in [0.15, 0.2) is 6.07 Å². The third kappa shape index (κ3) is 1.75. The number of carbonyl (C=O) groups is 1. The Bertz CT molecular complexity index is 471. The summed E-state index contributed by atoms with van der Waals surface area (Å²) in [6.07, 6.45) is 0. The number of fused-ring (bicyclic) bond motifs is 1. The fourth-order valence-corrected chi connectivity index (χ4v) is 1.68. The highest BCUT2D eigenvalue weighted by molar-refractivity contribution is 5.78. The molecule has 0 spiro atoms. The van der Waals surface area contributed by atoms with Gasteiger partial charge in [0, 0.05) is 6.07 Å². The van der Waals surface area contributed by atoms with Crippen LogP contribution in [0, 0.1) is 5.82 Å². The predicted octanol–water partition coefficient (Wildman–Crippen LogP) is 1.75. The van der Waals surface area contributed by atoms with E-state index in [4.69, 9.17) is 19.3 Å². The fourth-order valence-electron chi connectivity index (χ4n) is 1.68. The van der Waals surface area contributed by atoms with Gasteiger partial charge in [-0.1, -0.05) is 0 Å². The van der Waals surface area contributed by atoms with E-state index in [0.29, 0.717) is 5.75 Å². The van der Waals surface area contributed by atoms with Gasteiger partial charge in [-0.2, -0.15) is 0 Å². The molecule has 5 nitrogen and oxygen atoms in total. The minimum atomic E-state index is -1.14. The van der Waals surface area contributed by atoms with Gasteiger partial charge < -0.3 is 19.3 Å². The molecule has 92 valence electrons. The molecular weight excluding hydrogens is 231 g/mol. The molecular formula is C11H11FO5. The Morgan fingerprint density at radius 2 is 2.29 bits per heavy atom. The number of carboxylic acids is 1. The van der Waals surface area contributed by atoms with Crippen molar-refractivity contribution >= 4 is 5.97 Å². The zero-order valence-electron chi connectivity index (χ0n) is 9.32. The molecule has 6 heteroatoms. The third-order valence-electron chi connectivity index (χ3n) is 2.62. The normalized spacial score (nSPS) is 14.5. The standard InChI is InChI=1S/C11H11FO5/c1-5(11(13)14)8-9(12)6(15-2)3-7-10(8)17-4-16-7/h3,5H,4H2,1-2H3,(H,13,14). The van der Waals surface area contributed by atoms with Crippen LogP contribution in [-0.4, -0.2) is 25.0 Å². The molecule has 1 aliphatic rings. The third-order valence-corrected chi connectivity index (χ3v) is 2.62. The zero-order chi connectivity index (χ0) is 12.6. The summed E-state index contributed by atoms with van der Waals surface area (Å²) >= 11 is 0. The topological polar surface area (TPSA) is 65.0 Å². The average Bonchev–Trinajstić information content (AvgIpc) is 2.74. The van der Waals surface area contributed by atoms with Gasteiger partial charge in [-0.25, -0.2) is 4.39 Å². The number of hydrogen-bond donors (Lipinski definition) is 1. The Hall–Kier alpha value is -1.98. The Kier molecular flexibility index (Phi) is 2.79. The summed E-state index contributed by atoms with van der Waals surface area (Å²) in [5.74, 6) is -2.54. The lowest BCUT2D eigenvalue weighted by molar-refractivity contribution is -0.138. The second kappa shape index (κ2) is 4.12. The lowest BCUT2D eigenvalue weighted by Crippen LogP contribution is -2.11. The predicted molar refractivity (Wildman–Crippen MR) is 55.1 cm³/mol. The van der Waals surface area contributed by atoms with Gasteiger partial charge in [-0.15, -0.1) is 0 Å². The fraction of sp³-hybridized carbons (Fsp3) is 0.364. The molecule has 0 saturated heterocycles. The number of hydrogen-bond acceptors (Lipinski definition) is 4. The first kappa shape index (κ1) is 11.5. The van der Waals surface area contributed by atoms with Crippen molar-refractivity contribution in [1.82, 2.24) is 0 Å². The van der Waals surface area contributed by atoms with Crippen LogP contribution in [-0.2, 0) is 4.79 Å². The molecule has 0 amide bonds. The summed E-state index contributed by atoms with van der Waals surface area (Å²) in [6, 6.07) is 1.34. The van der Waals surface area contributed by atoms with Crippen molar-refractivity contribution in [3.63, 3.8) is 0 Å². The number of benzene rings is 1. The van der Waals surface area contributed by atoms with E-state index in [1.807, 2.05) is 0 Å². The molecule has 0 saturated carbocycles. The van der Waals surface area contributed by atoms with E-state index in [1.54, 1.807) is 0 Å². The Labute approximate surface area is 96.7 Å². The van der Waals surface area contributed by atoms with Gasteiger partial charge in [-0.05, 0) is 6.92 Å². The Morgan fingerprint density at radius 3 is 2.88 bits per heavy atom. The highest BCUT2D eigenvalue weighted by atomic mass is 19.1. The minimum absolute atomic E-state index is 0.0515. The van der Waals surface area contributed by atoms with E-state index >= 15 is 0 Å². The highest BCUT2D eigenvalue weighted by Gasteiger charge is 2.31. The summed E-state index contributed by atoms with van der Waals surface area (Å²) in [5, 5.41) is 8.95. The first-order chi connectivity index (χ1) is 8.06. The van der Waals surface area contributed by atoms with E-state index < -0.39 is 17.7 Å². The first-order valence-electron chi connectivity index (χ1n) is 4.95. The van der Waals surface area contributed by atoms with E-state index in [-0.39, 0.29) is 23.9 Å². The van der Waals surface area contributed by atoms with Crippen LogP contribution in [0.5, 0.6) is 17.2 Å². The van der Waals surface area contributed by atoms with Crippen molar-refractivity contribution < 1.29 is 28.5 Å². The van der Waals surface area contributed by atoms with Crippen LogP contribution < -0.4 is 14.2 Å². The highest BCUT2D eigenvalue weighted by Crippen LogP contribution is 2.44. The molecule has 2 rings (SSSR count). The maximum atomic E-state index is 14.0. The Morgan fingerprint density at radius 1 is 1.59 bits per heavy atom. The number of methoxy groups -OCH3 is 1. The van der Waals surface area contributed by atoms with Crippen LogP contribution in [0.3, 0.4) is 0 Å². The van der Waals surface area contributed by atoms with Gasteiger partial charge >= 0.3 is 5.97 Å². The monoisotopic (exact) mass is 242 g/mol. The quantitative estimate of drug-likeness (QED) is 0.874. The molecule has 1 N–H and O–H groups in total. The molecule has 1 heterocycles. The lowest BCUT2D eigenvalue weighted by atomic mass is 9.98. The van der Waals surface area contributed by atoms with Gasteiger partial charge in [0.1, 0.15) is 0 Å². The molecule has 1 aliphatic heterocycles. The summed E-state index contributed by atoms with van der Waals surface area (Å²) < 4.78 is 29.1. The van der Waals surface area contributed by atoms with Gasteiger partial charge in [0.25, 0.3) is 0 Å². The maximum Gasteiger partial charge on any atom is 0.310 e. The van der Waals surface area contributed by atoms with Gasteiger partial charge in [0.05, 0.1) is 18.6 Å². The second-order valence-electron chi connectivity index (χ2n) is 3.60. The first-order valence-corrected chi connectivity index (χ1v) is 4.95. The molecule has 1 aromatic rings. The number of ether oxygens (including phenoxy) is 3. The molecule has 0 radical (unpaired) electrons. The maximum absolute atomic E-state index is 14.0. The average molecular weight is 242 g/mol. The van der Waals surface area contributed by atoms with Crippen LogP contribution in [0.1, 0.15) is 18.4 Å².